The van der Waals surface area contributed by atoms with Gasteiger partial charge in [-0.1, -0.05) is 0 Å². The van der Waals surface area contributed by atoms with Gasteiger partial charge in [-0.15, -0.1) is 24.8 Å². The van der Waals surface area contributed by atoms with Crippen LogP contribution >= 0.6 is 24.8 Å². The van der Waals surface area contributed by atoms with Crippen LogP contribution in [-0.4, -0.2) is 21.5 Å². The van der Waals surface area contributed by atoms with Gasteiger partial charge in [-0.25, -0.2) is 4.98 Å². The third-order valence-electron chi connectivity index (χ3n) is 5.69. The molecule has 4 unspecified atom stereocenters. The number of fused-ring (bicyclic) bond motifs is 2. The summed E-state index contributed by atoms with van der Waals surface area (Å²) in [7, 11) is 1.94. The first-order valence-corrected chi connectivity index (χ1v) is 8.87. The minimum atomic E-state index is -0.0434. The molecule has 1 amide bonds. The summed E-state index contributed by atoms with van der Waals surface area (Å²) in [4.78, 5) is 16.8. The number of halogens is 2. The molecule has 0 spiro atoms. The van der Waals surface area contributed by atoms with Crippen LogP contribution in [0.3, 0.4) is 0 Å². The number of anilines is 1. The number of carbonyl (C=O) groups is 1. The van der Waals surface area contributed by atoms with Crippen LogP contribution in [0.1, 0.15) is 25.1 Å². The minimum Gasteiger partial charge on any atom is -0.486 e. The molecule has 1 aromatic heterocycles. The summed E-state index contributed by atoms with van der Waals surface area (Å²) in [6, 6.07) is 7.46. The summed E-state index contributed by atoms with van der Waals surface area (Å²) in [5.41, 5.74) is 7.03. The second kappa shape index (κ2) is 8.95. The maximum absolute atomic E-state index is 12.6. The van der Waals surface area contributed by atoms with Gasteiger partial charge in [-0.05, 0) is 55.4 Å². The number of amides is 1. The van der Waals surface area contributed by atoms with Crippen LogP contribution < -0.4 is 15.8 Å². The summed E-state index contributed by atoms with van der Waals surface area (Å²) in [5.74, 6) is 2.61. The van der Waals surface area contributed by atoms with Gasteiger partial charge in [0.15, 0.2) is 0 Å². The Balaban J connectivity index is 0.00000131. The van der Waals surface area contributed by atoms with Crippen LogP contribution in [0.4, 0.5) is 5.69 Å². The number of nitrogens with one attached hydrogen (secondary N) is 1. The second-order valence-electron chi connectivity index (χ2n) is 7.19. The van der Waals surface area contributed by atoms with E-state index in [1.807, 2.05) is 42.1 Å². The summed E-state index contributed by atoms with van der Waals surface area (Å²) in [6.07, 6.45) is 7.06. The van der Waals surface area contributed by atoms with Crippen molar-refractivity contribution in [2.24, 2.45) is 30.5 Å². The fraction of sp³-hybridized carbons (Fsp3) is 0.474. The van der Waals surface area contributed by atoms with E-state index in [2.05, 4.69) is 10.3 Å². The Morgan fingerprint density at radius 2 is 1.96 bits per heavy atom. The molecule has 4 atom stereocenters. The molecule has 2 aromatic rings. The number of benzene rings is 1. The Bertz CT molecular complexity index is 763. The van der Waals surface area contributed by atoms with Gasteiger partial charge in [0.2, 0.25) is 5.91 Å². The highest BCUT2D eigenvalue weighted by Gasteiger charge is 2.49. The highest BCUT2D eigenvalue weighted by atomic mass is 35.5. The van der Waals surface area contributed by atoms with Gasteiger partial charge >= 0.3 is 0 Å². The molecule has 2 saturated carbocycles. The van der Waals surface area contributed by atoms with Crippen LogP contribution in [-0.2, 0) is 18.4 Å². The lowest BCUT2D eigenvalue weighted by molar-refractivity contribution is -0.121. The van der Waals surface area contributed by atoms with Gasteiger partial charge in [-0.2, -0.15) is 0 Å². The molecule has 2 bridgehead atoms. The zero-order valence-electron chi connectivity index (χ0n) is 15.2. The number of nitrogens with two attached hydrogens (primary N) is 1. The lowest BCUT2D eigenvalue weighted by atomic mass is 9.84. The number of imidazole rings is 1. The van der Waals surface area contributed by atoms with Gasteiger partial charge in [0.05, 0.1) is 5.92 Å². The van der Waals surface area contributed by atoms with E-state index in [-0.39, 0.29) is 42.7 Å². The Labute approximate surface area is 171 Å². The Hall–Kier alpha value is -1.76. The molecule has 4 rings (SSSR count). The Kier molecular flexibility index (Phi) is 7.14. The lowest BCUT2D eigenvalue weighted by Crippen LogP contribution is -2.42. The maximum atomic E-state index is 12.6. The van der Waals surface area contributed by atoms with Gasteiger partial charge in [0.25, 0.3) is 0 Å². The van der Waals surface area contributed by atoms with Crippen molar-refractivity contribution in [3.05, 3.63) is 42.5 Å². The van der Waals surface area contributed by atoms with E-state index in [4.69, 9.17) is 10.5 Å². The van der Waals surface area contributed by atoms with Crippen LogP contribution in [0.2, 0.25) is 0 Å². The second-order valence-corrected chi connectivity index (χ2v) is 7.19. The summed E-state index contributed by atoms with van der Waals surface area (Å²) in [5, 5.41) is 3.01. The number of hydrogen-bond donors (Lipinski definition) is 2. The zero-order chi connectivity index (χ0) is 17.4. The van der Waals surface area contributed by atoms with Gasteiger partial charge in [0.1, 0.15) is 18.2 Å². The third kappa shape index (κ3) is 4.39. The summed E-state index contributed by atoms with van der Waals surface area (Å²) >= 11 is 0. The van der Waals surface area contributed by atoms with E-state index in [1.54, 1.807) is 6.20 Å². The van der Waals surface area contributed by atoms with Crippen molar-refractivity contribution in [3.63, 3.8) is 0 Å². The molecular formula is C19H26Cl2N4O2. The van der Waals surface area contributed by atoms with E-state index >= 15 is 0 Å². The zero-order valence-corrected chi connectivity index (χ0v) is 16.8. The standard InChI is InChI=1S/C19H24N4O2.2ClH/c1-23-9-8-21-16(23)11-25-15-6-4-14(5-7-15)22-19(24)17-12-2-3-13(10-12)18(17)20;;/h4-9,12-13,17-18H,2-3,10-11,20H2,1H3,(H,22,24);2*1H. The number of rotatable bonds is 5. The summed E-state index contributed by atoms with van der Waals surface area (Å²) < 4.78 is 7.66. The molecule has 6 nitrogen and oxygen atoms in total. The molecular weight excluding hydrogens is 387 g/mol. The van der Waals surface area contributed by atoms with E-state index < -0.39 is 0 Å². The normalized spacial score (nSPS) is 25.4. The van der Waals surface area contributed by atoms with E-state index in [0.29, 0.717) is 18.4 Å². The van der Waals surface area contributed by atoms with Crippen LogP contribution in [0, 0.1) is 17.8 Å². The fourth-order valence-electron chi connectivity index (χ4n) is 4.27. The summed E-state index contributed by atoms with van der Waals surface area (Å²) in [6.45, 7) is 0.412. The molecule has 27 heavy (non-hydrogen) atoms. The number of carbonyl (C=O) groups excluding carboxylic acids is 1. The molecule has 0 radical (unpaired) electrons. The molecule has 2 aliphatic rings. The van der Waals surface area contributed by atoms with E-state index in [0.717, 1.165) is 30.1 Å². The SMILES string of the molecule is Cl.Cl.Cn1ccnc1COc1ccc(NC(=O)C2C3CCC(C3)C2N)cc1. The molecule has 8 heteroatoms. The van der Waals surface area contributed by atoms with Crippen molar-refractivity contribution in [1.29, 1.82) is 0 Å². The van der Waals surface area contributed by atoms with Gasteiger partial charge in [-0.3, -0.25) is 4.79 Å². The maximum Gasteiger partial charge on any atom is 0.229 e. The third-order valence-corrected chi connectivity index (χ3v) is 5.69. The number of aryl methyl sites for hydroxylation is 1. The molecule has 0 saturated heterocycles. The van der Waals surface area contributed by atoms with Crippen molar-refractivity contribution in [3.8, 4) is 5.75 Å². The monoisotopic (exact) mass is 412 g/mol. The first kappa shape index (κ1) is 21.5. The quantitative estimate of drug-likeness (QED) is 0.789. The molecule has 2 aliphatic carbocycles. The van der Waals surface area contributed by atoms with Crippen LogP contribution in [0.25, 0.3) is 0 Å². The average Bonchev–Trinajstić information content (AvgIpc) is 3.30. The first-order chi connectivity index (χ1) is 12.1. The van der Waals surface area contributed by atoms with Crippen LogP contribution in [0.5, 0.6) is 5.75 Å². The Morgan fingerprint density at radius 3 is 2.56 bits per heavy atom. The predicted molar refractivity (Wildman–Crippen MR) is 109 cm³/mol. The predicted octanol–water partition coefficient (Wildman–Crippen LogP) is 3.15. The number of nitrogens with zero attached hydrogens (tertiary/aromatic N) is 2. The molecule has 1 heterocycles. The molecule has 0 aliphatic heterocycles. The first-order valence-electron chi connectivity index (χ1n) is 8.87. The lowest BCUT2D eigenvalue weighted by Gasteiger charge is -2.27. The van der Waals surface area contributed by atoms with E-state index in [9.17, 15) is 4.79 Å². The largest absolute Gasteiger partial charge is 0.486 e. The number of hydrogen-bond acceptors (Lipinski definition) is 4. The van der Waals surface area contributed by atoms with Crippen molar-refractivity contribution in [2.45, 2.75) is 31.9 Å². The van der Waals surface area contributed by atoms with Gasteiger partial charge in [0, 0.05) is 31.2 Å². The van der Waals surface area contributed by atoms with Crippen molar-refractivity contribution in [1.82, 2.24) is 9.55 Å². The topological polar surface area (TPSA) is 82.2 Å². The van der Waals surface area contributed by atoms with Crippen molar-refractivity contribution < 1.29 is 9.53 Å². The highest BCUT2D eigenvalue weighted by molar-refractivity contribution is 5.93. The Morgan fingerprint density at radius 1 is 1.26 bits per heavy atom. The fourth-order valence-corrected chi connectivity index (χ4v) is 4.27. The van der Waals surface area contributed by atoms with E-state index in [1.165, 1.54) is 6.42 Å². The average molecular weight is 413 g/mol. The highest BCUT2D eigenvalue weighted by Crippen LogP contribution is 2.47. The molecule has 2 fully saturated rings. The number of ether oxygens (including phenoxy) is 1. The molecule has 1 aromatic carbocycles. The van der Waals surface area contributed by atoms with Crippen LogP contribution in [0.15, 0.2) is 36.7 Å². The number of aromatic nitrogens is 2. The van der Waals surface area contributed by atoms with Crippen molar-refractivity contribution in [2.75, 3.05) is 5.32 Å². The van der Waals surface area contributed by atoms with Gasteiger partial charge < -0.3 is 20.4 Å². The van der Waals surface area contributed by atoms with Crippen molar-refractivity contribution >= 4 is 36.4 Å². The smallest absolute Gasteiger partial charge is 0.229 e. The minimum absolute atomic E-state index is 0. The molecule has 3 N–H and O–H groups in total. The molecule has 148 valence electrons.